The summed E-state index contributed by atoms with van der Waals surface area (Å²) in [5, 5.41) is 39.7. The number of aromatic nitrogens is 1. The van der Waals surface area contributed by atoms with Crippen LogP contribution in [0.25, 0.3) is 0 Å². The van der Waals surface area contributed by atoms with Gasteiger partial charge in [-0.15, -0.1) is 0 Å². The number of rotatable bonds is 12. The Labute approximate surface area is 199 Å². The van der Waals surface area contributed by atoms with Gasteiger partial charge in [0.05, 0.1) is 50.2 Å². The Morgan fingerprint density at radius 3 is 2.56 bits per heavy atom. The van der Waals surface area contributed by atoms with Crippen LogP contribution in [0.5, 0.6) is 0 Å². The van der Waals surface area contributed by atoms with Crippen LogP contribution >= 0.6 is 0 Å². The molecule has 10 nitrogen and oxygen atoms in total. The number of pyridine rings is 1. The predicted octanol–water partition coefficient (Wildman–Crippen LogP) is -0.0467. The Kier molecular flexibility index (Phi) is 9.14. The molecule has 0 bridgehead atoms. The molecular weight excluding hydrogens is 444 g/mol. The van der Waals surface area contributed by atoms with Crippen LogP contribution in [0.4, 0.5) is 5.82 Å². The molecule has 2 fully saturated rings. The first kappa shape index (κ1) is 26.7. The molecule has 1 aromatic rings. The van der Waals surface area contributed by atoms with Gasteiger partial charge in [-0.2, -0.15) is 0 Å². The minimum atomic E-state index is -1.17. The lowest BCUT2D eigenvalue weighted by Crippen LogP contribution is -2.51. The standard InChI is InChI=1S/C24H36N2O8/c1-13(14(2)28)24-20(34-24)10-19-23(32)22(31)16(12-33-19)8-17(29)9-18(30)15-4-5-21(25-11-15)26(3)6-7-27/h4-5,11,13-14,16,19-20,22-24,27-28,31-32H,6-10,12H2,1-3H3/t13-,14-,16-,19-,20-,22+,23-,24-/m0/s1. The maximum absolute atomic E-state index is 12.5. The number of likely N-dealkylation sites (N-methyl/N-ethyl adjacent to an activating group) is 1. The number of carbonyl (C=O) groups excluding carboxylic acids is 2. The zero-order chi connectivity index (χ0) is 25.0. The first-order valence-electron chi connectivity index (χ1n) is 11.8. The fraction of sp³-hybridized carbons (Fsp3) is 0.708. The van der Waals surface area contributed by atoms with Crippen molar-refractivity contribution in [1.29, 1.82) is 0 Å². The highest BCUT2D eigenvalue weighted by Gasteiger charge is 2.48. The third kappa shape index (κ3) is 6.59. The Balaban J connectivity index is 1.46. The zero-order valence-corrected chi connectivity index (χ0v) is 19.9. The SMILES string of the molecule is C[C@H]([C@@H]1O[C@H]1C[C@@H]1OC[C@H](CC(=O)CC(=O)c2ccc(N(C)CCO)nc2)[C@@H](O)[C@H]1O)[C@H](C)O. The Bertz CT molecular complexity index is 833. The van der Waals surface area contributed by atoms with Crippen LogP contribution in [0, 0.1) is 11.8 Å². The second-order valence-corrected chi connectivity index (χ2v) is 9.48. The first-order chi connectivity index (χ1) is 16.1. The molecule has 4 N–H and O–H groups in total. The maximum atomic E-state index is 12.5. The third-order valence-electron chi connectivity index (χ3n) is 6.85. The number of nitrogens with zero attached hydrogens (tertiary/aromatic N) is 2. The summed E-state index contributed by atoms with van der Waals surface area (Å²) in [6.45, 7) is 4.09. The molecular formula is C24H36N2O8. The summed E-state index contributed by atoms with van der Waals surface area (Å²) in [7, 11) is 1.77. The first-order valence-corrected chi connectivity index (χ1v) is 11.8. The highest BCUT2D eigenvalue weighted by molar-refractivity contribution is 6.07. The number of carbonyl (C=O) groups is 2. The van der Waals surface area contributed by atoms with Gasteiger partial charge in [0.2, 0.25) is 0 Å². The van der Waals surface area contributed by atoms with Gasteiger partial charge in [0.25, 0.3) is 0 Å². The number of aliphatic hydroxyl groups is 4. The molecule has 0 aliphatic carbocycles. The molecule has 0 amide bonds. The van der Waals surface area contributed by atoms with Crippen LogP contribution in [0.3, 0.4) is 0 Å². The van der Waals surface area contributed by atoms with Gasteiger partial charge < -0.3 is 34.8 Å². The highest BCUT2D eigenvalue weighted by atomic mass is 16.6. The summed E-state index contributed by atoms with van der Waals surface area (Å²) in [4.78, 5) is 30.9. The quantitative estimate of drug-likeness (QED) is 0.182. The summed E-state index contributed by atoms with van der Waals surface area (Å²) in [5.74, 6) is -0.757. The monoisotopic (exact) mass is 480 g/mol. The van der Waals surface area contributed by atoms with Crippen LogP contribution in [0.1, 0.15) is 43.5 Å². The minimum absolute atomic E-state index is 0.0172. The Morgan fingerprint density at radius 1 is 1.21 bits per heavy atom. The number of epoxide rings is 1. The molecule has 0 saturated carbocycles. The van der Waals surface area contributed by atoms with Crippen molar-refractivity contribution in [3.05, 3.63) is 23.9 Å². The molecule has 2 aliphatic rings. The topological polar surface area (TPSA) is 153 Å². The largest absolute Gasteiger partial charge is 0.395 e. The second kappa shape index (κ2) is 11.7. The van der Waals surface area contributed by atoms with Crippen molar-refractivity contribution in [3.8, 4) is 0 Å². The van der Waals surface area contributed by atoms with Crippen molar-refractivity contribution >= 4 is 17.4 Å². The number of hydrogen-bond acceptors (Lipinski definition) is 10. The molecule has 0 aromatic carbocycles. The second-order valence-electron chi connectivity index (χ2n) is 9.48. The lowest BCUT2D eigenvalue weighted by molar-refractivity contribution is -0.170. The number of Topliss-reactive ketones (excluding diaryl/α,β-unsaturated/α-hetero) is 2. The lowest BCUT2D eigenvalue weighted by atomic mass is 9.85. The molecule has 34 heavy (non-hydrogen) atoms. The molecule has 2 aliphatic heterocycles. The van der Waals surface area contributed by atoms with E-state index in [0.29, 0.717) is 24.3 Å². The normalized spacial score (nSPS) is 30.4. The molecule has 3 heterocycles. The smallest absolute Gasteiger partial charge is 0.171 e. The predicted molar refractivity (Wildman–Crippen MR) is 123 cm³/mol. The molecule has 1 aromatic heterocycles. The van der Waals surface area contributed by atoms with Crippen LogP contribution in [0.2, 0.25) is 0 Å². The van der Waals surface area contributed by atoms with Gasteiger partial charge >= 0.3 is 0 Å². The van der Waals surface area contributed by atoms with Gasteiger partial charge in [-0.05, 0) is 19.1 Å². The van der Waals surface area contributed by atoms with Crippen molar-refractivity contribution < 1.29 is 39.5 Å². The highest BCUT2D eigenvalue weighted by Crippen LogP contribution is 2.37. The molecule has 3 rings (SSSR count). The zero-order valence-electron chi connectivity index (χ0n) is 19.9. The van der Waals surface area contributed by atoms with Crippen LogP contribution in [-0.4, -0.2) is 100 Å². The van der Waals surface area contributed by atoms with Gasteiger partial charge in [0, 0.05) is 50.0 Å². The van der Waals surface area contributed by atoms with E-state index in [1.807, 2.05) is 6.92 Å². The summed E-state index contributed by atoms with van der Waals surface area (Å²) < 4.78 is 11.3. The Morgan fingerprint density at radius 2 is 1.94 bits per heavy atom. The molecule has 10 heteroatoms. The van der Waals surface area contributed by atoms with Crippen molar-refractivity contribution in [2.45, 2.75) is 69.7 Å². The number of hydrogen-bond donors (Lipinski definition) is 4. The van der Waals surface area contributed by atoms with Crippen molar-refractivity contribution in [1.82, 2.24) is 4.98 Å². The van der Waals surface area contributed by atoms with Gasteiger partial charge in [-0.3, -0.25) is 9.59 Å². The van der Waals surface area contributed by atoms with Gasteiger partial charge in [-0.1, -0.05) is 6.92 Å². The van der Waals surface area contributed by atoms with Crippen LogP contribution in [-0.2, 0) is 14.3 Å². The molecule has 0 unspecified atom stereocenters. The van der Waals surface area contributed by atoms with Gasteiger partial charge in [0.15, 0.2) is 5.78 Å². The molecule has 2 saturated heterocycles. The fourth-order valence-electron chi connectivity index (χ4n) is 4.33. The molecule has 8 atom stereocenters. The van der Waals surface area contributed by atoms with E-state index >= 15 is 0 Å². The molecule has 0 radical (unpaired) electrons. The number of anilines is 1. The summed E-state index contributed by atoms with van der Waals surface area (Å²) in [6, 6.07) is 3.24. The van der Waals surface area contributed by atoms with Gasteiger partial charge in [-0.25, -0.2) is 4.98 Å². The number of aliphatic hydroxyl groups excluding tert-OH is 4. The van der Waals surface area contributed by atoms with Crippen LogP contribution < -0.4 is 4.90 Å². The molecule has 0 spiro atoms. The van der Waals surface area contributed by atoms with Crippen molar-refractivity contribution in [3.63, 3.8) is 0 Å². The van der Waals surface area contributed by atoms with Crippen molar-refractivity contribution in [2.24, 2.45) is 11.8 Å². The number of ketones is 2. The van der Waals surface area contributed by atoms with E-state index < -0.39 is 30.3 Å². The van der Waals surface area contributed by atoms with E-state index in [-0.39, 0.29) is 55.7 Å². The summed E-state index contributed by atoms with van der Waals surface area (Å²) in [5.41, 5.74) is 0.306. The van der Waals surface area contributed by atoms with E-state index in [9.17, 15) is 24.9 Å². The fourth-order valence-corrected chi connectivity index (χ4v) is 4.33. The average molecular weight is 481 g/mol. The lowest BCUT2D eigenvalue weighted by Gasteiger charge is -2.37. The van der Waals surface area contributed by atoms with Crippen LogP contribution in [0.15, 0.2) is 18.3 Å². The van der Waals surface area contributed by atoms with E-state index in [4.69, 9.17) is 14.6 Å². The maximum Gasteiger partial charge on any atom is 0.171 e. The summed E-state index contributed by atoms with van der Waals surface area (Å²) in [6.07, 6.45) is -2.28. The number of ether oxygens (including phenoxy) is 2. The molecule has 190 valence electrons. The van der Waals surface area contributed by atoms with E-state index in [1.165, 1.54) is 6.20 Å². The van der Waals surface area contributed by atoms with E-state index in [1.54, 1.807) is 31.0 Å². The summed E-state index contributed by atoms with van der Waals surface area (Å²) >= 11 is 0. The van der Waals surface area contributed by atoms with E-state index in [0.717, 1.165) is 0 Å². The third-order valence-corrected chi connectivity index (χ3v) is 6.85. The van der Waals surface area contributed by atoms with Crippen molar-refractivity contribution in [2.75, 3.05) is 31.7 Å². The minimum Gasteiger partial charge on any atom is -0.395 e. The van der Waals surface area contributed by atoms with Gasteiger partial charge in [0.1, 0.15) is 17.7 Å². The average Bonchev–Trinajstić information content (AvgIpc) is 3.57. The Hall–Kier alpha value is -1.95. The van der Waals surface area contributed by atoms with E-state index in [2.05, 4.69) is 4.98 Å².